The van der Waals surface area contributed by atoms with Gasteiger partial charge in [0, 0.05) is 6.92 Å². The molecule has 1 unspecified atom stereocenters. The van der Waals surface area contributed by atoms with E-state index in [0.29, 0.717) is 9.47 Å². The first-order chi connectivity index (χ1) is 8.65. The van der Waals surface area contributed by atoms with Crippen LogP contribution in [0, 0.1) is 0 Å². The molecule has 0 saturated carbocycles. The molecule has 1 atom stereocenters. The summed E-state index contributed by atoms with van der Waals surface area (Å²) >= 11 is -0.413. The lowest BCUT2D eigenvalue weighted by atomic mass is 10.3. The normalized spacial score (nSPS) is 11.9. The first-order valence-electron chi connectivity index (χ1n) is 5.00. The summed E-state index contributed by atoms with van der Waals surface area (Å²) in [4.78, 5) is 10.8. The van der Waals surface area contributed by atoms with Crippen LogP contribution in [-0.4, -0.2) is 20.7 Å². The molecular formula is C10H10N4O2S2. The number of hydrogen-bond donors (Lipinski definition) is 2. The topological polar surface area (TPSA) is 90.0 Å². The third-order valence-corrected chi connectivity index (χ3v) is 3.99. The Morgan fingerprint density at radius 2 is 2.06 bits per heavy atom. The Balaban J connectivity index is 2.03. The number of aromatic nitrogens is 2. The quantitative estimate of drug-likeness (QED) is 0.657. The van der Waals surface area contributed by atoms with Crippen LogP contribution >= 0.6 is 11.3 Å². The van der Waals surface area contributed by atoms with Crippen molar-refractivity contribution >= 4 is 39.4 Å². The number of hydrogen-bond acceptors (Lipinski definition) is 6. The number of carbonyl (C=O) groups excluding carboxylic acids is 1. The van der Waals surface area contributed by atoms with Crippen LogP contribution in [0.2, 0.25) is 0 Å². The van der Waals surface area contributed by atoms with E-state index in [2.05, 4.69) is 20.2 Å². The van der Waals surface area contributed by atoms with Crippen molar-refractivity contribution in [3.8, 4) is 0 Å². The Morgan fingerprint density at radius 1 is 1.33 bits per heavy atom. The van der Waals surface area contributed by atoms with Crippen LogP contribution in [0.5, 0.6) is 0 Å². The van der Waals surface area contributed by atoms with E-state index in [9.17, 15) is 9.35 Å². The minimum atomic E-state index is -1.48. The van der Waals surface area contributed by atoms with Gasteiger partial charge in [-0.05, 0) is 23.5 Å². The fourth-order valence-electron chi connectivity index (χ4n) is 1.14. The van der Waals surface area contributed by atoms with Crippen LogP contribution in [0.25, 0.3) is 0 Å². The van der Waals surface area contributed by atoms with Gasteiger partial charge in [-0.3, -0.25) is 4.79 Å². The van der Waals surface area contributed by atoms with Gasteiger partial charge >= 0.3 is 4.34 Å². The van der Waals surface area contributed by atoms with E-state index in [4.69, 9.17) is 0 Å². The summed E-state index contributed by atoms with van der Waals surface area (Å²) in [5.41, 5.74) is 0.729. The monoisotopic (exact) mass is 282 g/mol. The molecule has 0 aliphatic carbocycles. The summed E-state index contributed by atoms with van der Waals surface area (Å²) in [6, 6.07) is 9.14. The second-order valence-corrected chi connectivity index (χ2v) is 5.66. The van der Waals surface area contributed by atoms with Crippen molar-refractivity contribution in [2.75, 3.05) is 10.0 Å². The highest BCUT2D eigenvalue weighted by molar-refractivity contribution is 7.94. The molecule has 1 aromatic carbocycles. The minimum absolute atomic E-state index is 0.237. The van der Waals surface area contributed by atoms with Gasteiger partial charge in [0.25, 0.3) is 0 Å². The molecule has 2 aromatic rings. The van der Waals surface area contributed by atoms with Gasteiger partial charge in [0.2, 0.25) is 11.0 Å². The molecule has 1 amide bonds. The molecule has 8 heteroatoms. The van der Waals surface area contributed by atoms with E-state index in [1.165, 1.54) is 6.92 Å². The third kappa shape index (κ3) is 3.42. The van der Waals surface area contributed by atoms with E-state index < -0.39 is 11.4 Å². The second-order valence-electron chi connectivity index (χ2n) is 3.29. The molecule has 0 aliphatic rings. The van der Waals surface area contributed by atoms with Gasteiger partial charge < -0.3 is 9.87 Å². The summed E-state index contributed by atoms with van der Waals surface area (Å²) in [6.45, 7) is 1.38. The van der Waals surface area contributed by atoms with Crippen molar-refractivity contribution in [2.24, 2.45) is 0 Å². The van der Waals surface area contributed by atoms with Gasteiger partial charge in [-0.2, -0.15) is 0 Å². The smallest absolute Gasteiger partial charge is 0.350 e. The number of anilines is 2. The van der Waals surface area contributed by atoms with Crippen molar-refractivity contribution in [2.45, 2.75) is 11.3 Å². The van der Waals surface area contributed by atoms with Gasteiger partial charge in [0.05, 0.1) is 5.69 Å². The van der Waals surface area contributed by atoms with Crippen LogP contribution in [-0.2, 0) is 16.2 Å². The first kappa shape index (κ1) is 12.8. The first-order valence-corrected chi connectivity index (χ1v) is 6.96. The maximum Gasteiger partial charge on any atom is 0.350 e. The standard InChI is InChI=1S/C10H10N4O2S2/c1-7(15)11-9-12-13-10(17-9)18(16)14-8-5-3-2-4-6-8/h2-6,14H,1H3,(H,11,12,15). The molecule has 0 aliphatic heterocycles. The average molecular weight is 282 g/mol. The maximum atomic E-state index is 11.9. The van der Waals surface area contributed by atoms with Gasteiger partial charge in [-0.25, -0.2) is 4.72 Å². The van der Waals surface area contributed by atoms with Crippen LogP contribution < -0.4 is 10.0 Å². The zero-order valence-electron chi connectivity index (χ0n) is 9.41. The zero-order valence-corrected chi connectivity index (χ0v) is 11.0. The number of benzene rings is 1. The molecule has 0 saturated heterocycles. The van der Waals surface area contributed by atoms with Crippen LogP contribution in [0.4, 0.5) is 10.8 Å². The number of nitrogens with zero attached hydrogens (tertiary/aromatic N) is 2. The highest BCUT2D eigenvalue weighted by Gasteiger charge is 2.18. The third-order valence-electron chi connectivity index (χ3n) is 1.83. The number of nitrogens with one attached hydrogen (secondary N) is 2. The lowest BCUT2D eigenvalue weighted by Crippen LogP contribution is -2.12. The molecule has 1 aromatic heterocycles. The Hall–Kier alpha value is -1.64. The maximum absolute atomic E-state index is 11.9. The summed E-state index contributed by atoms with van der Waals surface area (Å²) in [5, 5.41) is 10.3. The number of amides is 1. The Bertz CT molecular complexity index is 532. The van der Waals surface area contributed by atoms with Crippen molar-refractivity contribution in [1.82, 2.24) is 10.2 Å². The van der Waals surface area contributed by atoms with E-state index in [0.717, 1.165) is 17.0 Å². The van der Waals surface area contributed by atoms with Crippen molar-refractivity contribution in [3.63, 3.8) is 0 Å². The molecule has 0 bridgehead atoms. The fourth-order valence-corrected chi connectivity index (χ4v) is 2.88. The molecular weight excluding hydrogens is 272 g/mol. The highest BCUT2D eigenvalue weighted by atomic mass is 32.2. The van der Waals surface area contributed by atoms with E-state index in [-0.39, 0.29) is 5.91 Å². The lowest BCUT2D eigenvalue weighted by Gasteiger charge is -2.07. The molecule has 18 heavy (non-hydrogen) atoms. The molecule has 0 fully saturated rings. The van der Waals surface area contributed by atoms with Crippen LogP contribution in [0.1, 0.15) is 6.92 Å². The number of rotatable bonds is 4. The van der Waals surface area contributed by atoms with E-state index >= 15 is 0 Å². The molecule has 2 N–H and O–H groups in total. The summed E-state index contributed by atoms with van der Waals surface area (Å²) < 4.78 is 15.0. The molecule has 2 rings (SSSR count). The second kappa shape index (κ2) is 5.80. The van der Waals surface area contributed by atoms with Crippen molar-refractivity contribution in [1.29, 1.82) is 0 Å². The summed E-state index contributed by atoms with van der Waals surface area (Å²) in [5.74, 6) is -0.237. The average Bonchev–Trinajstić information content (AvgIpc) is 2.78. The van der Waals surface area contributed by atoms with Gasteiger partial charge in [-0.1, -0.05) is 23.3 Å². The van der Waals surface area contributed by atoms with Gasteiger partial charge in [-0.15, -0.1) is 5.10 Å². The SMILES string of the molecule is CC(=O)Nc1nnc([S+]([O-])Nc2ccccc2)s1. The predicted octanol–water partition coefficient (Wildman–Crippen LogP) is 1.63. The van der Waals surface area contributed by atoms with Gasteiger partial charge in [0.15, 0.2) is 0 Å². The number of carbonyl (C=O) groups is 1. The lowest BCUT2D eigenvalue weighted by molar-refractivity contribution is -0.114. The summed E-state index contributed by atoms with van der Waals surface area (Å²) in [6.07, 6.45) is 0. The van der Waals surface area contributed by atoms with E-state index in [1.807, 2.05) is 18.2 Å². The fraction of sp³-hybridized carbons (Fsp3) is 0.100. The van der Waals surface area contributed by atoms with Crippen LogP contribution in [0.3, 0.4) is 0 Å². The minimum Gasteiger partial charge on any atom is -0.586 e. The number of para-hydroxylation sites is 1. The van der Waals surface area contributed by atoms with Crippen molar-refractivity contribution in [3.05, 3.63) is 30.3 Å². The molecule has 0 radical (unpaired) electrons. The van der Waals surface area contributed by atoms with Crippen LogP contribution in [0.15, 0.2) is 34.7 Å². The van der Waals surface area contributed by atoms with Crippen molar-refractivity contribution < 1.29 is 9.35 Å². The Morgan fingerprint density at radius 3 is 2.72 bits per heavy atom. The molecule has 0 spiro atoms. The van der Waals surface area contributed by atoms with E-state index in [1.54, 1.807) is 12.1 Å². The zero-order chi connectivity index (χ0) is 13.0. The Labute approximate surface area is 111 Å². The molecule has 6 nitrogen and oxygen atoms in total. The molecule has 1 heterocycles. The van der Waals surface area contributed by atoms with Gasteiger partial charge in [0.1, 0.15) is 11.4 Å². The molecule has 94 valence electrons. The Kier molecular flexibility index (Phi) is 4.13. The highest BCUT2D eigenvalue weighted by Crippen LogP contribution is 2.22. The summed E-state index contributed by atoms with van der Waals surface area (Å²) in [7, 11) is 0. The largest absolute Gasteiger partial charge is 0.586 e. The predicted molar refractivity (Wildman–Crippen MR) is 70.7 cm³/mol.